The molecule has 1 heterocycles. The Morgan fingerprint density at radius 1 is 1.35 bits per heavy atom. The molecule has 1 fully saturated rings. The minimum absolute atomic E-state index is 0.0643. The van der Waals surface area contributed by atoms with Crippen molar-refractivity contribution < 1.29 is 9.18 Å². The fourth-order valence-corrected chi connectivity index (χ4v) is 2.63. The lowest BCUT2D eigenvalue weighted by Gasteiger charge is -2.37. The third-order valence-corrected chi connectivity index (χ3v) is 4.21. The van der Waals surface area contributed by atoms with Crippen LogP contribution in [-0.2, 0) is 0 Å². The summed E-state index contributed by atoms with van der Waals surface area (Å²) in [7, 11) is 0. The van der Waals surface area contributed by atoms with Gasteiger partial charge >= 0.3 is 0 Å². The summed E-state index contributed by atoms with van der Waals surface area (Å²) in [6.45, 7) is 7.29. The summed E-state index contributed by atoms with van der Waals surface area (Å²) < 4.78 is 13.7. The Hall–Kier alpha value is -1.13. The van der Waals surface area contributed by atoms with Gasteiger partial charge in [-0.25, -0.2) is 4.39 Å². The maximum absolute atomic E-state index is 13.7. The largest absolute Gasteiger partial charge is 0.336 e. The van der Waals surface area contributed by atoms with Gasteiger partial charge in [0.25, 0.3) is 5.91 Å². The number of piperazine rings is 1. The van der Waals surface area contributed by atoms with Gasteiger partial charge in [0, 0.05) is 37.2 Å². The zero-order valence-electron chi connectivity index (χ0n) is 11.9. The Balaban J connectivity index is 2.03. The second-order valence-corrected chi connectivity index (χ2v) is 5.65. The maximum Gasteiger partial charge on any atom is 0.256 e. The van der Waals surface area contributed by atoms with Gasteiger partial charge in [0.15, 0.2) is 0 Å². The first-order valence-corrected chi connectivity index (χ1v) is 7.39. The van der Waals surface area contributed by atoms with Gasteiger partial charge in [-0.1, -0.05) is 18.5 Å². The molecule has 1 aliphatic heterocycles. The number of hydrogen-bond donors (Lipinski definition) is 0. The van der Waals surface area contributed by atoms with E-state index in [0.717, 1.165) is 19.5 Å². The third kappa shape index (κ3) is 3.30. The van der Waals surface area contributed by atoms with Crippen LogP contribution in [0, 0.1) is 5.82 Å². The minimum Gasteiger partial charge on any atom is -0.336 e. The topological polar surface area (TPSA) is 23.6 Å². The van der Waals surface area contributed by atoms with Gasteiger partial charge in [0.1, 0.15) is 5.82 Å². The molecule has 0 N–H and O–H groups in total. The second-order valence-electron chi connectivity index (χ2n) is 5.21. The van der Waals surface area contributed by atoms with E-state index in [1.165, 1.54) is 18.2 Å². The average Bonchev–Trinajstić information content (AvgIpc) is 2.48. The van der Waals surface area contributed by atoms with Crippen LogP contribution in [-0.4, -0.2) is 47.9 Å². The minimum atomic E-state index is -0.510. The number of amides is 1. The first-order valence-electron chi connectivity index (χ1n) is 7.01. The molecule has 0 spiro atoms. The highest BCUT2D eigenvalue weighted by atomic mass is 35.5. The number of carbonyl (C=O) groups is 1. The van der Waals surface area contributed by atoms with Crippen molar-refractivity contribution in [3.05, 3.63) is 34.6 Å². The lowest BCUT2D eigenvalue weighted by Crippen LogP contribution is -2.51. The molecular weight excluding hydrogens is 279 g/mol. The molecule has 1 aromatic rings. The van der Waals surface area contributed by atoms with Crippen molar-refractivity contribution in [2.45, 2.75) is 26.3 Å². The monoisotopic (exact) mass is 298 g/mol. The molecule has 2 rings (SSSR count). The first-order chi connectivity index (χ1) is 9.52. The molecule has 0 saturated carbocycles. The molecule has 1 aromatic carbocycles. The van der Waals surface area contributed by atoms with E-state index in [1.807, 2.05) is 0 Å². The van der Waals surface area contributed by atoms with Crippen molar-refractivity contribution in [2.24, 2.45) is 0 Å². The van der Waals surface area contributed by atoms with Gasteiger partial charge in [0.2, 0.25) is 0 Å². The van der Waals surface area contributed by atoms with Crippen LogP contribution in [0.3, 0.4) is 0 Å². The Bertz CT molecular complexity index is 487. The number of carbonyl (C=O) groups excluding carboxylic acids is 1. The van der Waals surface area contributed by atoms with Gasteiger partial charge in [-0.2, -0.15) is 0 Å². The van der Waals surface area contributed by atoms with Crippen molar-refractivity contribution in [1.82, 2.24) is 9.80 Å². The number of rotatable bonds is 3. The predicted molar refractivity (Wildman–Crippen MR) is 78.6 cm³/mol. The molecule has 0 radical (unpaired) electrons. The van der Waals surface area contributed by atoms with E-state index in [1.54, 1.807) is 4.90 Å². The lowest BCUT2D eigenvalue weighted by molar-refractivity contribution is 0.0575. The van der Waals surface area contributed by atoms with Crippen molar-refractivity contribution in [3.63, 3.8) is 0 Å². The zero-order chi connectivity index (χ0) is 14.7. The van der Waals surface area contributed by atoms with Crippen molar-refractivity contribution >= 4 is 17.5 Å². The van der Waals surface area contributed by atoms with Crippen molar-refractivity contribution in [1.29, 1.82) is 0 Å². The van der Waals surface area contributed by atoms with Gasteiger partial charge in [0.05, 0.1) is 5.56 Å². The molecule has 3 nitrogen and oxygen atoms in total. The molecule has 5 heteroatoms. The molecule has 1 unspecified atom stereocenters. The van der Waals surface area contributed by atoms with Gasteiger partial charge < -0.3 is 4.90 Å². The molecule has 1 atom stereocenters. The summed E-state index contributed by atoms with van der Waals surface area (Å²) in [6.07, 6.45) is 1.09. The van der Waals surface area contributed by atoms with E-state index in [9.17, 15) is 9.18 Å². The number of benzene rings is 1. The van der Waals surface area contributed by atoms with Crippen LogP contribution in [0.25, 0.3) is 0 Å². The molecule has 0 aromatic heterocycles. The van der Waals surface area contributed by atoms with Gasteiger partial charge in [-0.05, 0) is 31.5 Å². The molecule has 0 aliphatic carbocycles. The summed E-state index contributed by atoms with van der Waals surface area (Å²) in [4.78, 5) is 16.4. The van der Waals surface area contributed by atoms with E-state index in [-0.39, 0.29) is 11.5 Å². The molecule has 1 aliphatic rings. The normalized spacial score (nSPS) is 18.1. The SMILES string of the molecule is CCC(C)N1CCN(C(=O)c2cc(Cl)ccc2F)CC1. The highest BCUT2D eigenvalue weighted by Crippen LogP contribution is 2.18. The summed E-state index contributed by atoms with van der Waals surface area (Å²) >= 11 is 5.84. The molecule has 20 heavy (non-hydrogen) atoms. The second kappa shape index (κ2) is 6.55. The smallest absolute Gasteiger partial charge is 0.256 e. The predicted octanol–water partition coefficient (Wildman–Crippen LogP) is 3.04. The number of halogens is 2. The third-order valence-electron chi connectivity index (χ3n) is 3.97. The molecule has 1 saturated heterocycles. The summed E-state index contributed by atoms with van der Waals surface area (Å²) in [5.41, 5.74) is 0.0643. The molecular formula is C15H20ClFN2O. The van der Waals surface area contributed by atoms with E-state index in [4.69, 9.17) is 11.6 Å². The average molecular weight is 299 g/mol. The van der Waals surface area contributed by atoms with E-state index >= 15 is 0 Å². The fourth-order valence-electron chi connectivity index (χ4n) is 2.46. The maximum atomic E-state index is 13.7. The van der Waals surface area contributed by atoms with Crippen LogP contribution in [0.2, 0.25) is 5.02 Å². The summed E-state index contributed by atoms with van der Waals surface area (Å²) in [5.74, 6) is -0.780. The van der Waals surface area contributed by atoms with Crippen LogP contribution in [0.15, 0.2) is 18.2 Å². The highest BCUT2D eigenvalue weighted by Gasteiger charge is 2.25. The number of hydrogen-bond acceptors (Lipinski definition) is 2. The van der Waals surface area contributed by atoms with E-state index in [2.05, 4.69) is 18.7 Å². The van der Waals surface area contributed by atoms with Crippen LogP contribution in [0.1, 0.15) is 30.6 Å². The zero-order valence-corrected chi connectivity index (χ0v) is 12.7. The van der Waals surface area contributed by atoms with Gasteiger partial charge in [-0.3, -0.25) is 9.69 Å². The highest BCUT2D eigenvalue weighted by molar-refractivity contribution is 6.31. The molecule has 1 amide bonds. The Morgan fingerprint density at radius 2 is 2.00 bits per heavy atom. The Kier molecular flexibility index (Phi) is 5.00. The van der Waals surface area contributed by atoms with Crippen LogP contribution in [0.4, 0.5) is 4.39 Å². The van der Waals surface area contributed by atoms with Crippen LogP contribution < -0.4 is 0 Å². The van der Waals surface area contributed by atoms with Crippen LogP contribution >= 0.6 is 11.6 Å². The van der Waals surface area contributed by atoms with E-state index < -0.39 is 5.82 Å². The van der Waals surface area contributed by atoms with E-state index in [0.29, 0.717) is 24.2 Å². The number of nitrogens with zero attached hydrogens (tertiary/aromatic N) is 2. The molecule has 110 valence electrons. The standard InChI is InChI=1S/C15H20ClFN2O/c1-3-11(2)18-6-8-19(9-7-18)15(20)13-10-12(16)4-5-14(13)17/h4-5,10-11H,3,6-9H2,1-2H3. The summed E-state index contributed by atoms with van der Waals surface area (Å²) in [6, 6.07) is 4.62. The van der Waals surface area contributed by atoms with Crippen molar-refractivity contribution in [3.8, 4) is 0 Å². The molecule has 0 bridgehead atoms. The fraction of sp³-hybridized carbons (Fsp3) is 0.533. The Labute approximate surface area is 124 Å². The Morgan fingerprint density at radius 3 is 2.60 bits per heavy atom. The van der Waals surface area contributed by atoms with Crippen molar-refractivity contribution in [2.75, 3.05) is 26.2 Å². The lowest BCUT2D eigenvalue weighted by atomic mass is 10.1. The first kappa shape index (κ1) is 15.3. The van der Waals surface area contributed by atoms with Crippen LogP contribution in [0.5, 0.6) is 0 Å². The summed E-state index contributed by atoms with van der Waals surface area (Å²) in [5, 5.41) is 0.382. The van der Waals surface area contributed by atoms with Gasteiger partial charge in [-0.15, -0.1) is 0 Å². The quantitative estimate of drug-likeness (QED) is 0.856.